The van der Waals surface area contributed by atoms with Gasteiger partial charge in [0.05, 0.1) is 18.8 Å². The molecule has 0 atom stereocenters. The monoisotopic (exact) mass is 373 g/mol. The molecule has 0 aliphatic carbocycles. The molecule has 2 heterocycles. The number of nitrogens with zero attached hydrogens (tertiary/aromatic N) is 1. The second-order valence-electron chi connectivity index (χ2n) is 4.28. The molecule has 0 radical (unpaired) electrons. The van der Waals surface area contributed by atoms with E-state index in [-0.39, 0.29) is 16.1 Å². The van der Waals surface area contributed by atoms with Gasteiger partial charge in [-0.05, 0) is 34.6 Å². The van der Waals surface area contributed by atoms with Gasteiger partial charge in [0.15, 0.2) is 4.67 Å². The van der Waals surface area contributed by atoms with Crippen LogP contribution >= 0.6 is 15.9 Å². The van der Waals surface area contributed by atoms with Crippen molar-refractivity contribution in [1.82, 2.24) is 15.0 Å². The van der Waals surface area contributed by atoms with Crippen molar-refractivity contribution in [2.45, 2.75) is 24.9 Å². The van der Waals surface area contributed by atoms with E-state index in [2.05, 4.69) is 31.0 Å². The first-order valence-electron chi connectivity index (χ1n) is 6.41. The van der Waals surface area contributed by atoms with Crippen molar-refractivity contribution >= 4 is 26.0 Å². The second kappa shape index (κ2) is 7.17. The third-order valence-corrected chi connectivity index (χ3v) is 4.97. The Morgan fingerprint density at radius 3 is 2.81 bits per heavy atom. The molecular weight excluding hydrogens is 358 g/mol. The molecule has 2 aromatic heterocycles. The molecule has 2 aromatic rings. The molecule has 6 nitrogen and oxygen atoms in total. The minimum Gasteiger partial charge on any atom is -0.452 e. The van der Waals surface area contributed by atoms with Crippen molar-refractivity contribution in [1.29, 1.82) is 0 Å². The van der Waals surface area contributed by atoms with E-state index in [1.54, 1.807) is 24.4 Å². The van der Waals surface area contributed by atoms with Crippen LogP contribution in [0.5, 0.6) is 0 Å². The van der Waals surface area contributed by atoms with Gasteiger partial charge in [-0.25, -0.2) is 13.1 Å². The third-order valence-electron chi connectivity index (χ3n) is 2.71. The minimum atomic E-state index is -3.65. The fourth-order valence-electron chi connectivity index (χ4n) is 1.67. The first-order valence-corrected chi connectivity index (χ1v) is 8.69. The van der Waals surface area contributed by atoms with Gasteiger partial charge in [-0.1, -0.05) is 13.0 Å². The van der Waals surface area contributed by atoms with Crippen LogP contribution in [0.3, 0.4) is 0 Å². The lowest BCUT2D eigenvalue weighted by Crippen LogP contribution is -2.23. The molecule has 8 heteroatoms. The maximum absolute atomic E-state index is 12.3. The Bertz CT molecular complexity index is 686. The van der Waals surface area contributed by atoms with E-state index < -0.39 is 10.0 Å². The highest BCUT2D eigenvalue weighted by atomic mass is 79.9. The molecule has 21 heavy (non-hydrogen) atoms. The summed E-state index contributed by atoms with van der Waals surface area (Å²) in [6.45, 7) is 3.34. The number of hydrogen-bond donors (Lipinski definition) is 2. The second-order valence-corrected chi connectivity index (χ2v) is 6.73. The van der Waals surface area contributed by atoms with Crippen LogP contribution in [-0.4, -0.2) is 19.9 Å². The van der Waals surface area contributed by atoms with Crippen molar-refractivity contribution in [3.05, 3.63) is 46.6 Å². The summed E-state index contributed by atoms with van der Waals surface area (Å²) in [6, 6.07) is 6.84. The number of nitrogens with one attached hydrogen (secondary N) is 2. The highest BCUT2D eigenvalue weighted by Gasteiger charge is 2.22. The molecular formula is C13H16BrN3O3S. The van der Waals surface area contributed by atoms with Crippen molar-refractivity contribution in [2.24, 2.45) is 0 Å². The molecule has 0 aliphatic heterocycles. The van der Waals surface area contributed by atoms with Crippen molar-refractivity contribution in [3.8, 4) is 0 Å². The molecule has 2 rings (SSSR count). The predicted octanol–water partition coefficient (Wildman–Crippen LogP) is 2.03. The van der Waals surface area contributed by atoms with Gasteiger partial charge in [0.2, 0.25) is 10.0 Å². The molecule has 0 spiro atoms. The molecule has 2 N–H and O–H groups in total. The van der Waals surface area contributed by atoms with E-state index in [4.69, 9.17) is 4.42 Å². The Morgan fingerprint density at radius 2 is 2.14 bits per heavy atom. The smallest absolute Gasteiger partial charge is 0.245 e. The molecule has 114 valence electrons. The van der Waals surface area contributed by atoms with Gasteiger partial charge >= 0.3 is 0 Å². The SMILES string of the molecule is CCNCc1cc(S(=O)(=O)NCc2ccccn2)c(Br)o1. The summed E-state index contributed by atoms with van der Waals surface area (Å²) in [7, 11) is -3.65. The zero-order valence-corrected chi connectivity index (χ0v) is 13.9. The first-order chi connectivity index (χ1) is 10.0. The number of hydrogen-bond acceptors (Lipinski definition) is 5. The number of halogens is 1. The fourth-order valence-corrected chi connectivity index (χ4v) is 3.66. The Labute approximate surface area is 132 Å². The lowest BCUT2D eigenvalue weighted by atomic mass is 10.4. The summed E-state index contributed by atoms with van der Waals surface area (Å²) in [6.07, 6.45) is 1.62. The standard InChI is InChI=1S/C13H16BrN3O3S/c1-2-15-9-11-7-12(13(14)20-11)21(18,19)17-8-10-5-3-4-6-16-10/h3-7,15,17H,2,8-9H2,1H3. The third kappa shape index (κ3) is 4.37. The zero-order chi connectivity index (χ0) is 15.3. The molecule has 0 aromatic carbocycles. The number of rotatable bonds is 7. The van der Waals surface area contributed by atoms with E-state index in [1.807, 2.05) is 6.92 Å². The van der Waals surface area contributed by atoms with E-state index in [1.165, 1.54) is 6.07 Å². The molecule has 0 unspecified atom stereocenters. The Kier molecular flexibility index (Phi) is 5.51. The van der Waals surface area contributed by atoms with Gasteiger partial charge in [0.1, 0.15) is 10.7 Å². The van der Waals surface area contributed by atoms with E-state index in [0.717, 1.165) is 6.54 Å². The highest BCUT2D eigenvalue weighted by molar-refractivity contribution is 9.10. The predicted molar refractivity (Wildman–Crippen MR) is 82.1 cm³/mol. The Morgan fingerprint density at radius 1 is 1.33 bits per heavy atom. The molecule has 0 aliphatic rings. The summed E-state index contributed by atoms with van der Waals surface area (Å²) < 4.78 is 32.6. The summed E-state index contributed by atoms with van der Waals surface area (Å²) in [4.78, 5) is 4.16. The van der Waals surface area contributed by atoms with Crippen LogP contribution < -0.4 is 10.0 Å². The van der Waals surface area contributed by atoms with Crippen LogP contribution in [-0.2, 0) is 23.1 Å². The summed E-state index contributed by atoms with van der Waals surface area (Å²) in [5.74, 6) is 0.557. The fraction of sp³-hybridized carbons (Fsp3) is 0.308. The average Bonchev–Trinajstić information content (AvgIpc) is 2.86. The van der Waals surface area contributed by atoms with Gasteiger partial charge in [-0.2, -0.15) is 0 Å². The van der Waals surface area contributed by atoms with Gasteiger partial charge in [0, 0.05) is 12.3 Å². The summed E-state index contributed by atoms with van der Waals surface area (Å²) >= 11 is 3.14. The number of furan rings is 1. The van der Waals surface area contributed by atoms with Gasteiger partial charge in [-0.3, -0.25) is 4.98 Å². The molecule has 0 saturated heterocycles. The van der Waals surface area contributed by atoms with Crippen molar-refractivity contribution in [2.75, 3.05) is 6.54 Å². The van der Waals surface area contributed by atoms with E-state index in [0.29, 0.717) is 18.0 Å². The van der Waals surface area contributed by atoms with Gasteiger partial charge < -0.3 is 9.73 Å². The Hall–Kier alpha value is -1.22. The van der Waals surface area contributed by atoms with Crippen LogP contribution in [0.4, 0.5) is 0 Å². The molecule has 0 saturated carbocycles. The van der Waals surface area contributed by atoms with Gasteiger partial charge in [-0.15, -0.1) is 0 Å². The Balaban J connectivity index is 2.10. The normalized spacial score (nSPS) is 11.7. The minimum absolute atomic E-state index is 0.0892. The molecule has 0 fully saturated rings. The van der Waals surface area contributed by atoms with Crippen LogP contribution in [0.15, 0.2) is 44.4 Å². The molecule has 0 amide bonds. The first kappa shape index (κ1) is 16.2. The lowest BCUT2D eigenvalue weighted by Gasteiger charge is -2.04. The maximum atomic E-state index is 12.3. The van der Waals surface area contributed by atoms with E-state index in [9.17, 15) is 8.42 Å². The van der Waals surface area contributed by atoms with Crippen LogP contribution in [0.2, 0.25) is 0 Å². The van der Waals surface area contributed by atoms with Gasteiger partial charge in [0.25, 0.3) is 0 Å². The lowest BCUT2D eigenvalue weighted by molar-refractivity contribution is 0.464. The molecule has 0 bridgehead atoms. The maximum Gasteiger partial charge on any atom is 0.245 e. The summed E-state index contributed by atoms with van der Waals surface area (Å²) in [5.41, 5.74) is 0.647. The van der Waals surface area contributed by atoms with Crippen molar-refractivity contribution in [3.63, 3.8) is 0 Å². The topological polar surface area (TPSA) is 84.2 Å². The largest absolute Gasteiger partial charge is 0.452 e. The average molecular weight is 374 g/mol. The number of aromatic nitrogens is 1. The number of pyridine rings is 1. The van der Waals surface area contributed by atoms with E-state index >= 15 is 0 Å². The zero-order valence-electron chi connectivity index (χ0n) is 11.5. The summed E-state index contributed by atoms with van der Waals surface area (Å²) in [5, 5.41) is 3.07. The van der Waals surface area contributed by atoms with Crippen LogP contribution in [0.25, 0.3) is 0 Å². The van der Waals surface area contributed by atoms with Crippen LogP contribution in [0.1, 0.15) is 18.4 Å². The number of sulfonamides is 1. The van der Waals surface area contributed by atoms with Crippen LogP contribution in [0, 0.1) is 0 Å². The quantitative estimate of drug-likeness (QED) is 0.775. The van der Waals surface area contributed by atoms with Crippen molar-refractivity contribution < 1.29 is 12.8 Å². The highest BCUT2D eigenvalue weighted by Crippen LogP contribution is 2.26.